The zero-order chi connectivity index (χ0) is 14.4. The maximum Gasteiger partial charge on any atom is 0.162 e. The van der Waals surface area contributed by atoms with Gasteiger partial charge in [-0.25, -0.2) is 0 Å². The van der Waals surface area contributed by atoms with E-state index in [9.17, 15) is 0 Å². The summed E-state index contributed by atoms with van der Waals surface area (Å²) in [6, 6.07) is 4.21. The summed E-state index contributed by atoms with van der Waals surface area (Å²) in [5.74, 6) is 1.75. The van der Waals surface area contributed by atoms with Gasteiger partial charge in [-0.1, -0.05) is 6.92 Å². The van der Waals surface area contributed by atoms with Crippen LogP contribution in [0.15, 0.2) is 17.0 Å². The molecule has 3 nitrogen and oxygen atoms in total. The summed E-state index contributed by atoms with van der Waals surface area (Å²) in [6.07, 6.45) is 5.46. The van der Waals surface area contributed by atoms with Crippen LogP contribution in [0.25, 0.3) is 0 Å². The van der Waals surface area contributed by atoms with Crippen LogP contribution >= 0.6 is 23.5 Å². The van der Waals surface area contributed by atoms with E-state index in [4.69, 9.17) is 9.47 Å². The number of hydrogen-bond acceptors (Lipinski definition) is 5. The van der Waals surface area contributed by atoms with Gasteiger partial charge in [0.2, 0.25) is 0 Å². The van der Waals surface area contributed by atoms with Gasteiger partial charge in [0.05, 0.1) is 0 Å². The summed E-state index contributed by atoms with van der Waals surface area (Å²) in [5, 5.41) is 4.24. The first kappa shape index (κ1) is 15.9. The zero-order valence-corrected chi connectivity index (χ0v) is 14.0. The lowest BCUT2D eigenvalue weighted by molar-refractivity contribution is 0.171. The van der Waals surface area contributed by atoms with Gasteiger partial charge in [0.15, 0.2) is 11.5 Å². The molecule has 0 amide bonds. The van der Waals surface area contributed by atoms with Crippen LogP contribution in [-0.2, 0) is 6.54 Å². The Balaban J connectivity index is 1.96. The van der Waals surface area contributed by atoms with Gasteiger partial charge in [-0.2, -0.15) is 11.8 Å². The molecule has 0 aromatic heterocycles. The molecule has 1 unspecified atom stereocenters. The predicted octanol–water partition coefficient (Wildman–Crippen LogP) is 3.41. The Hall–Kier alpha value is -0.520. The first-order valence-corrected chi connectivity index (χ1v) is 9.46. The zero-order valence-electron chi connectivity index (χ0n) is 12.4. The summed E-state index contributed by atoms with van der Waals surface area (Å²) in [4.78, 5) is 1.26. The third-order valence-electron chi connectivity index (χ3n) is 3.39. The van der Waals surface area contributed by atoms with Gasteiger partial charge in [0, 0.05) is 16.7 Å². The number of fused-ring (bicyclic) bond motifs is 1. The molecule has 1 N–H and O–H groups in total. The van der Waals surface area contributed by atoms with Crippen LogP contribution in [0.3, 0.4) is 0 Å². The Kier molecular flexibility index (Phi) is 6.39. The number of rotatable bonds is 7. The van der Waals surface area contributed by atoms with E-state index in [1.54, 1.807) is 11.8 Å². The maximum absolute atomic E-state index is 5.66. The number of nitrogens with one attached hydrogen (secondary N) is 1. The summed E-state index contributed by atoms with van der Waals surface area (Å²) < 4.78 is 11.3. The summed E-state index contributed by atoms with van der Waals surface area (Å²) in [7, 11) is 0. The first-order valence-electron chi connectivity index (χ1n) is 6.94. The van der Waals surface area contributed by atoms with E-state index < -0.39 is 0 Å². The molecule has 0 spiro atoms. The van der Waals surface area contributed by atoms with E-state index >= 15 is 0 Å². The van der Waals surface area contributed by atoms with E-state index in [-0.39, 0.29) is 0 Å². The van der Waals surface area contributed by atoms with Crippen molar-refractivity contribution < 1.29 is 9.47 Å². The Bertz CT molecular complexity index is 440. The molecule has 0 saturated carbocycles. The third-order valence-corrected chi connectivity index (χ3v) is 5.25. The molecule has 1 aliphatic heterocycles. The summed E-state index contributed by atoms with van der Waals surface area (Å²) in [6.45, 7) is 5.48. The first-order chi connectivity index (χ1) is 9.74. The highest BCUT2D eigenvalue weighted by molar-refractivity contribution is 7.99. The molecule has 0 radical (unpaired) electrons. The van der Waals surface area contributed by atoms with E-state index in [1.807, 2.05) is 11.8 Å². The second kappa shape index (κ2) is 8.05. The monoisotopic (exact) mass is 313 g/mol. The minimum Gasteiger partial charge on any atom is -0.486 e. The quantitative estimate of drug-likeness (QED) is 0.616. The minimum atomic E-state index is 0.643. The normalized spacial score (nSPS) is 15.2. The molecule has 1 atom stereocenters. The topological polar surface area (TPSA) is 30.5 Å². The molecule has 1 aromatic carbocycles. The van der Waals surface area contributed by atoms with Gasteiger partial charge in [-0.3, -0.25) is 0 Å². The van der Waals surface area contributed by atoms with Crippen LogP contribution < -0.4 is 14.8 Å². The van der Waals surface area contributed by atoms with Crippen LogP contribution in [0.5, 0.6) is 11.5 Å². The smallest absolute Gasteiger partial charge is 0.162 e. The van der Waals surface area contributed by atoms with Crippen molar-refractivity contribution in [1.82, 2.24) is 5.32 Å². The number of hydrogen-bond donors (Lipinski definition) is 1. The third kappa shape index (κ3) is 4.24. The lowest BCUT2D eigenvalue weighted by Crippen LogP contribution is -2.19. The largest absolute Gasteiger partial charge is 0.486 e. The molecule has 5 heteroatoms. The van der Waals surface area contributed by atoms with Crippen molar-refractivity contribution in [2.75, 3.05) is 32.3 Å². The lowest BCUT2D eigenvalue weighted by atomic mass is 10.2. The molecular formula is C15H23NO2S2. The van der Waals surface area contributed by atoms with Crippen molar-refractivity contribution in [3.05, 3.63) is 17.7 Å². The van der Waals surface area contributed by atoms with Crippen molar-refractivity contribution in [3.63, 3.8) is 0 Å². The van der Waals surface area contributed by atoms with E-state index in [1.165, 1.54) is 16.9 Å². The molecule has 2 rings (SSSR count). The van der Waals surface area contributed by atoms with E-state index in [2.05, 4.69) is 36.9 Å². The van der Waals surface area contributed by atoms with Crippen LogP contribution in [0, 0.1) is 0 Å². The van der Waals surface area contributed by atoms with Crippen LogP contribution in [0.1, 0.15) is 18.9 Å². The molecule has 1 aliphatic rings. The molecule has 0 fully saturated rings. The highest BCUT2D eigenvalue weighted by Gasteiger charge is 2.15. The molecule has 0 bridgehead atoms. The van der Waals surface area contributed by atoms with Crippen molar-refractivity contribution in [3.8, 4) is 11.5 Å². The second-order valence-electron chi connectivity index (χ2n) is 4.82. The van der Waals surface area contributed by atoms with Crippen LogP contribution in [0.4, 0.5) is 0 Å². The van der Waals surface area contributed by atoms with Gasteiger partial charge in [0.1, 0.15) is 13.2 Å². The fourth-order valence-electron chi connectivity index (χ4n) is 2.09. The fourth-order valence-corrected chi connectivity index (χ4v) is 3.06. The highest BCUT2D eigenvalue weighted by atomic mass is 32.2. The van der Waals surface area contributed by atoms with Gasteiger partial charge in [0.25, 0.3) is 0 Å². The Labute approximate surface area is 130 Å². The van der Waals surface area contributed by atoms with E-state index in [0.717, 1.165) is 24.6 Å². The average Bonchev–Trinajstić information content (AvgIpc) is 2.50. The molecular weight excluding hydrogens is 290 g/mol. The molecule has 0 aliphatic carbocycles. The lowest BCUT2D eigenvalue weighted by Gasteiger charge is -2.21. The molecule has 1 heterocycles. The number of benzene rings is 1. The fraction of sp³-hybridized carbons (Fsp3) is 0.600. The minimum absolute atomic E-state index is 0.643. The average molecular weight is 313 g/mol. The molecule has 0 saturated heterocycles. The SMILES string of the molecule is CSc1cc2c(cc1CNCCC(C)SC)OCCO2. The van der Waals surface area contributed by atoms with Crippen LogP contribution in [-0.4, -0.2) is 37.5 Å². The Morgan fingerprint density at radius 3 is 2.55 bits per heavy atom. The summed E-state index contributed by atoms with van der Waals surface area (Å²) >= 11 is 3.67. The highest BCUT2D eigenvalue weighted by Crippen LogP contribution is 2.36. The Morgan fingerprint density at radius 1 is 1.20 bits per heavy atom. The van der Waals surface area contributed by atoms with Gasteiger partial charge >= 0.3 is 0 Å². The molecule has 1 aromatic rings. The van der Waals surface area contributed by atoms with Crippen molar-refractivity contribution >= 4 is 23.5 Å². The van der Waals surface area contributed by atoms with Gasteiger partial charge < -0.3 is 14.8 Å². The molecule has 112 valence electrons. The van der Waals surface area contributed by atoms with Crippen molar-refractivity contribution in [2.45, 2.75) is 30.0 Å². The van der Waals surface area contributed by atoms with Crippen LogP contribution in [0.2, 0.25) is 0 Å². The van der Waals surface area contributed by atoms with Gasteiger partial charge in [-0.05, 0) is 43.2 Å². The maximum atomic E-state index is 5.66. The Morgan fingerprint density at radius 2 is 1.90 bits per heavy atom. The van der Waals surface area contributed by atoms with Gasteiger partial charge in [-0.15, -0.1) is 11.8 Å². The van der Waals surface area contributed by atoms with Crippen molar-refractivity contribution in [2.24, 2.45) is 0 Å². The predicted molar refractivity (Wildman–Crippen MR) is 88.5 cm³/mol. The van der Waals surface area contributed by atoms with E-state index in [0.29, 0.717) is 18.5 Å². The molecule has 20 heavy (non-hydrogen) atoms. The second-order valence-corrected chi connectivity index (χ2v) is 6.94. The number of ether oxygens (including phenoxy) is 2. The number of thioether (sulfide) groups is 2. The standard InChI is InChI=1S/C15H23NO2S2/c1-11(19-2)4-5-16-10-12-8-13-14(9-15(12)20-3)18-7-6-17-13/h8-9,11,16H,4-7,10H2,1-3H3. The van der Waals surface area contributed by atoms with Crippen molar-refractivity contribution in [1.29, 1.82) is 0 Å². The summed E-state index contributed by atoms with van der Waals surface area (Å²) in [5.41, 5.74) is 1.29.